The Morgan fingerprint density at radius 2 is 1.95 bits per heavy atom. The molecule has 0 aliphatic heterocycles. The Bertz CT molecular complexity index is 728. The van der Waals surface area contributed by atoms with Gasteiger partial charge in [-0.05, 0) is 6.07 Å². The van der Waals surface area contributed by atoms with Gasteiger partial charge in [0.25, 0.3) is 0 Å². The van der Waals surface area contributed by atoms with Crippen molar-refractivity contribution in [2.75, 3.05) is 13.2 Å². The Morgan fingerprint density at radius 1 is 1.24 bits per heavy atom. The second-order valence-corrected chi connectivity index (χ2v) is 4.25. The highest BCUT2D eigenvalue weighted by Crippen LogP contribution is 2.30. The Kier molecular flexibility index (Phi) is 4.71. The van der Waals surface area contributed by atoms with Crippen molar-refractivity contribution in [3.05, 3.63) is 35.4 Å². The van der Waals surface area contributed by atoms with E-state index < -0.39 is 5.82 Å². The van der Waals surface area contributed by atoms with E-state index in [1.165, 1.54) is 23.1 Å². The van der Waals surface area contributed by atoms with E-state index >= 15 is 0 Å². The summed E-state index contributed by atoms with van der Waals surface area (Å²) in [7, 11) is 0. The molecule has 0 saturated heterocycles. The first-order chi connectivity index (χ1) is 10.2. The van der Waals surface area contributed by atoms with Crippen LogP contribution in [0.25, 0.3) is 5.69 Å². The van der Waals surface area contributed by atoms with Gasteiger partial charge >= 0.3 is 0 Å². The highest BCUT2D eigenvalue weighted by Gasteiger charge is 2.13. The van der Waals surface area contributed by atoms with Gasteiger partial charge in [0.15, 0.2) is 11.6 Å². The fourth-order valence-electron chi connectivity index (χ4n) is 1.56. The fourth-order valence-corrected chi connectivity index (χ4v) is 1.77. The molecule has 0 unspecified atom stereocenters. The Hall–Kier alpha value is -2.63. The first-order valence-electron chi connectivity index (χ1n) is 5.82. The summed E-state index contributed by atoms with van der Waals surface area (Å²) in [5.41, 5.74) is 0.155. The first kappa shape index (κ1) is 14.8. The highest BCUT2D eigenvalue weighted by molar-refractivity contribution is 6.32. The molecule has 106 valence electrons. The van der Waals surface area contributed by atoms with Gasteiger partial charge in [0.1, 0.15) is 24.7 Å². The zero-order valence-corrected chi connectivity index (χ0v) is 11.6. The molecular formula is C15H10ClFN2O2. The number of benzene rings is 1. The summed E-state index contributed by atoms with van der Waals surface area (Å²) in [5, 5.41) is 4.12. The third-order valence-electron chi connectivity index (χ3n) is 2.44. The second-order valence-electron chi connectivity index (χ2n) is 3.84. The third-order valence-corrected chi connectivity index (χ3v) is 2.74. The molecule has 0 aliphatic carbocycles. The summed E-state index contributed by atoms with van der Waals surface area (Å²) >= 11 is 5.89. The molecule has 0 aliphatic rings. The zero-order valence-electron chi connectivity index (χ0n) is 10.8. The third kappa shape index (κ3) is 3.47. The Labute approximate surface area is 126 Å². The average molecular weight is 305 g/mol. The topological polar surface area (TPSA) is 36.3 Å². The number of hydrogen-bond donors (Lipinski definition) is 0. The standard InChI is InChI=1S/C15H10ClFN2O2/c1-3-5-20-11-9-18-19(10-11)14-8-15(21-6-4-2)12(16)7-13(14)17/h1-2,7-10H,5-6H2. The quantitative estimate of drug-likeness (QED) is 0.797. The average Bonchev–Trinajstić information content (AvgIpc) is 2.93. The molecule has 0 fully saturated rings. The molecule has 0 spiro atoms. The van der Waals surface area contributed by atoms with E-state index in [2.05, 4.69) is 16.9 Å². The molecule has 1 heterocycles. The van der Waals surface area contributed by atoms with Crippen LogP contribution < -0.4 is 9.47 Å². The molecular weight excluding hydrogens is 295 g/mol. The highest BCUT2D eigenvalue weighted by atomic mass is 35.5. The number of halogens is 2. The molecule has 6 heteroatoms. The zero-order chi connectivity index (χ0) is 15.2. The molecule has 0 radical (unpaired) electrons. The molecule has 0 amide bonds. The van der Waals surface area contributed by atoms with Crippen molar-refractivity contribution < 1.29 is 13.9 Å². The molecule has 0 N–H and O–H groups in total. The van der Waals surface area contributed by atoms with Gasteiger partial charge in [-0.15, -0.1) is 12.8 Å². The summed E-state index contributed by atoms with van der Waals surface area (Å²) in [6.07, 6.45) is 13.1. The van der Waals surface area contributed by atoms with Crippen LogP contribution in [0.5, 0.6) is 11.5 Å². The molecule has 0 atom stereocenters. The lowest BCUT2D eigenvalue weighted by Gasteiger charge is -2.09. The lowest BCUT2D eigenvalue weighted by molar-refractivity contribution is 0.368. The lowest BCUT2D eigenvalue weighted by atomic mass is 10.3. The van der Waals surface area contributed by atoms with Crippen molar-refractivity contribution in [2.24, 2.45) is 0 Å². The van der Waals surface area contributed by atoms with Gasteiger partial charge in [0, 0.05) is 6.07 Å². The molecule has 4 nitrogen and oxygen atoms in total. The Morgan fingerprint density at radius 3 is 2.67 bits per heavy atom. The van der Waals surface area contributed by atoms with Crippen LogP contribution in [0.1, 0.15) is 0 Å². The summed E-state index contributed by atoms with van der Waals surface area (Å²) in [6, 6.07) is 2.54. The van der Waals surface area contributed by atoms with Crippen molar-refractivity contribution in [3.8, 4) is 41.9 Å². The maximum atomic E-state index is 14.0. The normalized spacial score (nSPS) is 9.71. The van der Waals surface area contributed by atoms with Gasteiger partial charge in [0.2, 0.25) is 0 Å². The number of rotatable bonds is 5. The van der Waals surface area contributed by atoms with Crippen molar-refractivity contribution in [3.63, 3.8) is 0 Å². The van der Waals surface area contributed by atoms with E-state index in [9.17, 15) is 4.39 Å². The van der Waals surface area contributed by atoms with Crippen LogP contribution in [0.2, 0.25) is 5.02 Å². The van der Waals surface area contributed by atoms with Crippen molar-refractivity contribution in [2.45, 2.75) is 0 Å². The molecule has 1 aromatic carbocycles. The summed E-state index contributed by atoms with van der Waals surface area (Å²) < 4.78 is 25.7. The Balaban J connectivity index is 2.32. The van der Waals surface area contributed by atoms with Crippen LogP contribution >= 0.6 is 11.6 Å². The molecule has 2 rings (SSSR count). The molecule has 2 aromatic rings. The number of hydrogen-bond acceptors (Lipinski definition) is 3. The van der Waals surface area contributed by atoms with E-state index in [1.807, 2.05) is 0 Å². The SMILES string of the molecule is C#CCOc1cnn(-c2cc(OCC#C)c(Cl)cc2F)c1. The molecule has 0 bridgehead atoms. The van der Waals surface area contributed by atoms with E-state index in [-0.39, 0.29) is 29.7 Å². The van der Waals surface area contributed by atoms with Crippen LogP contribution in [-0.2, 0) is 0 Å². The van der Waals surface area contributed by atoms with Gasteiger partial charge in [-0.2, -0.15) is 5.10 Å². The second kappa shape index (κ2) is 6.69. The maximum Gasteiger partial charge on any atom is 0.159 e. The predicted molar refractivity (Wildman–Crippen MR) is 77.2 cm³/mol. The largest absolute Gasteiger partial charge is 0.479 e. The number of terminal acetylenes is 2. The summed E-state index contributed by atoms with van der Waals surface area (Å²) in [4.78, 5) is 0. The van der Waals surface area contributed by atoms with E-state index in [0.29, 0.717) is 5.75 Å². The van der Waals surface area contributed by atoms with Gasteiger partial charge in [-0.25, -0.2) is 9.07 Å². The minimum atomic E-state index is -0.556. The predicted octanol–water partition coefficient (Wildman–Crippen LogP) is 2.69. The molecule has 1 aromatic heterocycles. The van der Waals surface area contributed by atoms with Crippen LogP contribution in [0.4, 0.5) is 4.39 Å². The van der Waals surface area contributed by atoms with E-state index in [0.717, 1.165) is 6.07 Å². The number of nitrogens with zero attached hydrogens (tertiary/aromatic N) is 2. The minimum Gasteiger partial charge on any atom is -0.479 e. The van der Waals surface area contributed by atoms with Crippen LogP contribution in [0, 0.1) is 30.5 Å². The molecule has 21 heavy (non-hydrogen) atoms. The van der Waals surface area contributed by atoms with Crippen molar-refractivity contribution in [1.82, 2.24) is 9.78 Å². The smallest absolute Gasteiger partial charge is 0.159 e. The van der Waals surface area contributed by atoms with Crippen LogP contribution in [0.3, 0.4) is 0 Å². The van der Waals surface area contributed by atoms with Crippen molar-refractivity contribution >= 4 is 11.6 Å². The van der Waals surface area contributed by atoms with Gasteiger partial charge in [-0.3, -0.25) is 0 Å². The van der Waals surface area contributed by atoms with E-state index in [4.69, 9.17) is 33.9 Å². The fraction of sp³-hybridized carbons (Fsp3) is 0.133. The van der Waals surface area contributed by atoms with E-state index in [1.54, 1.807) is 0 Å². The number of ether oxygens (including phenoxy) is 2. The minimum absolute atomic E-state index is 0.0282. The monoisotopic (exact) mass is 304 g/mol. The number of aromatic nitrogens is 2. The van der Waals surface area contributed by atoms with Crippen molar-refractivity contribution in [1.29, 1.82) is 0 Å². The van der Waals surface area contributed by atoms with Gasteiger partial charge in [-0.1, -0.05) is 23.4 Å². The van der Waals surface area contributed by atoms with Gasteiger partial charge in [0.05, 0.1) is 17.4 Å². The first-order valence-corrected chi connectivity index (χ1v) is 6.20. The van der Waals surface area contributed by atoms with Gasteiger partial charge < -0.3 is 9.47 Å². The molecule has 0 saturated carbocycles. The lowest BCUT2D eigenvalue weighted by Crippen LogP contribution is -2.01. The maximum absolute atomic E-state index is 14.0. The van der Waals surface area contributed by atoms with Crippen LogP contribution in [-0.4, -0.2) is 23.0 Å². The van der Waals surface area contributed by atoms with Crippen LogP contribution in [0.15, 0.2) is 24.5 Å². The summed E-state index contributed by atoms with van der Waals surface area (Å²) in [6.45, 7) is 0.131. The summed E-state index contributed by atoms with van der Waals surface area (Å²) in [5.74, 6) is 4.77.